The predicted molar refractivity (Wildman–Crippen MR) is 96.0 cm³/mol. The van der Waals surface area contributed by atoms with E-state index in [-0.39, 0.29) is 18.5 Å². The van der Waals surface area contributed by atoms with Crippen molar-refractivity contribution in [2.45, 2.75) is 51.6 Å². The molecule has 0 bridgehead atoms. The lowest BCUT2D eigenvalue weighted by Crippen LogP contribution is -2.38. The molecule has 1 aliphatic rings. The van der Waals surface area contributed by atoms with E-state index < -0.39 is 0 Å². The average Bonchev–Trinajstić information content (AvgIpc) is 3.11. The van der Waals surface area contributed by atoms with Crippen LogP contribution >= 0.6 is 0 Å². The van der Waals surface area contributed by atoms with Crippen molar-refractivity contribution in [3.05, 3.63) is 18.2 Å². The van der Waals surface area contributed by atoms with Gasteiger partial charge in [0.2, 0.25) is 11.7 Å². The van der Waals surface area contributed by atoms with E-state index in [1.54, 1.807) is 13.2 Å². The first-order valence-corrected chi connectivity index (χ1v) is 9.08. The molecule has 8 nitrogen and oxygen atoms in total. The largest absolute Gasteiger partial charge is 0.493 e. The minimum Gasteiger partial charge on any atom is -0.493 e. The van der Waals surface area contributed by atoms with Gasteiger partial charge in [0.25, 0.3) is 0 Å². The Balaban J connectivity index is 1.65. The van der Waals surface area contributed by atoms with E-state index in [2.05, 4.69) is 20.7 Å². The highest BCUT2D eigenvalue weighted by atomic mass is 16.5. The summed E-state index contributed by atoms with van der Waals surface area (Å²) in [7, 11) is 1.59. The Morgan fingerprint density at radius 3 is 2.81 bits per heavy atom. The van der Waals surface area contributed by atoms with Crippen LogP contribution in [0.2, 0.25) is 0 Å². The third kappa shape index (κ3) is 4.50. The summed E-state index contributed by atoms with van der Waals surface area (Å²) in [5.74, 6) is 1.64. The van der Waals surface area contributed by atoms with Gasteiger partial charge in [-0.05, 0) is 43.2 Å². The lowest BCUT2D eigenvalue weighted by atomic mass is 9.95. The number of nitrogens with one attached hydrogen (secondary N) is 1. The minimum atomic E-state index is -0.0782. The highest BCUT2D eigenvalue weighted by Gasteiger charge is 2.17. The van der Waals surface area contributed by atoms with Crippen molar-refractivity contribution in [3.8, 4) is 22.9 Å². The Hall–Kier alpha value is -2.64. The zero-order valence-corrected chi connectivity index (χ0v) is 15.3. The SMILES string of the molecule is CCOc1cc(-c2nnn(CC(=O)NC3CCCCC3)n2)ccc1OC. The van der Waals surface area contributed by atoms with Gasteiger partial charge in [-0.15, -0.1) is 10.2 Å². The van der Waals surface area contributed by atoms with Gasteiger partial charge in [0, 0.05) is 11.6 Å². The van der Waals surface area contributed by atoms with E-state index in [0.717, 1.165) is 18.4 Å². The van der Waals surface area contributed by atoms with Gasteiger partial charge in [0.1, 0.15) is 6.54 Å². The summed E-state index contributed by atoms with van der Waals surface area (Å²) in [6.45, 7) is 2.50. The molecule has 3 rings (SSSR count). The summed E-state index contributed by atoms with van der Waals surface area (Å²) in [6.07, 6.45) is 5.71. The number of methoxy groups -OCH3 is 1. The lowest BCUT2D eigenvalue weighted by Gasteiger charge is -2.22. The molecule has 140 valence electrons. The standard InChI is InChI=1S/C18H25N5O3/c1-3-26-16-11-13(9-10-15(16)25-2)18-20-22-23(21-18)12-17(24)19-14-7-5-4-6-8-14/h9-11,14H,3-8,12H2,1-2H3,(H,19,24). The Bertz CT molecular complexity index is 740. The summed E-state index contributed by atoms with van der Waals surface area (Å²) in [6, 6.07) is 5.72. The van der Waals surface area contributed by atoms with Crippen LogP contribution in [0.15, 0.2) is 18.2 Å². The van der Waals surface area contributed by atoms with Crippen LogP contribution in [0.25, 0.3) is 11.4 Å². The van der Waals surface area contributed by atoms with Gasteiger partial charge >= 0.3 is 0 Å². The van der Waals surface area contributed by atoms with E-state index in [1.807, 2.05) is 19.1 Å². The van der Waals surface area contributed by atoms with E-state index in [1.165, 1.54) is 24.1 Å². The van der Waals surface area contributed by atoms with Crippen LogP contribution in [-0.2, 0) is 11.3 Å². The topological polar surface area (TPSA) is 91.2 Å². The Labute approximate surface area is 152 Å². The molecular formula is C18H25N5O3. The van der Waals surface area contributed by atoms with Crippen LogP contribution in [0.5, 0.6) is 11.5 Å². The molecule has 1 fully saturated rings. The highest BCUT2D eigenvalue weighted by molar-refractivity contribution is 5.75. The molecule has 1 amide bonds. The van der Waals surface area contributed by atoms with Gasteiger partial charge in [-0.25, -0.2) is 0 Å². The number of aromatic nitrogens is 4. The molecule has 1 aliphatic carbocycles. The number of nitrogens with zero attached hydrogens (tertiary/aromatic N) is 4. The van der Waals surface area contributed by atoms with Crippen molar-refractivity contribution < 1.29 is 14.3 Å². The number of hydrogen-bond donors (Lipinski definition) is 1. The second-order valence-corrected chi connectivity index (χ2v) is 6.34. The lowest BCUT2D eigenvalue weighted by molar-refractivity contribution is -0.123. The summed E-state index contributed by atoms with van der Waals surface area (Å²) in [5.41, 5.74) is 0.758. The minimum absolute atomic E-state index is 0.0674. The van der Waals surface area contributed by atoms with E-state index in [4.69, 9.17) is 9.47 Å². The maximum Gasteiger partial charge on any atom is 0.243 e. The smallest absolute Gasteiger partial charge is 0.243 e. The van der Waals surface area contributed by atoms with E-state index in [0.29, 0.717) is 23.9 Å². The summed E-state index contributed by atoms with van der Waals surface area (Å²) in [5, 5.41) is 15.4. The fourth-order valence-electron chi connectivity index (χ4n) is 3.16. The molecule has 0 atom stereocenters. The third-order valence-electron chi connectivity index (χ3n) is 4.43. The normalized spacial score (nSPS) is 14.8. The fourth-order valence-corrected chi connectivity index (χ4v) is 3.16. The molecule has 0 saturated heterocycles. The molecule has 0 radical (unpaired) electrons. The Morgan fingerprint density at radius 2 is 2.08 bits per heavy atom. The van der Waals surface area contributed by atoms with Gasteiger partial charge in [-0.2, -0.15) is 4.80 Å². The van der Waals surface area contributed by atoms with Crippen molar-refractivity contribution in [2.24, 2.45) is 0 Å². The van der Waals surface area contributed by atoms with Crippen molar-refractivity contribution in [2.75, 3.05) is 13.7 Å². The van der Waals surface area contributed by atoms with Crippen LogP contribution in [0.1, 0.15) is 39.0 Å². The van der Waals surface area contributed by atoms with Gasteiger partial charge in [0.05, 0.1) is 13.7 Å². The van der Waals surface area contributed by atoms with Crippen molar-refractivity contribution in [1.82, 2.24) is 25.5 Å². The molecule has 0 spiro atoms. The van der Waals surface area contributed by atoms with Crippen molar-refractivity contribution >= 4 is 5.91 Å². The number of tetrazole rings is 1. The van der Waals surface area contributed by atoms with Crippen LogP contribution in [-0.4, -0.2) is 45.9 Å². The second-order valence-electron chi connectivity index (χ2n) is 6.34. The first-order valence-electron chi connectivity index (χ1n) is 9.08. The van der Waals surface area contributed by atoms with Gasteiger partial charge in [-0.1, -0.05) is 19.3 Å². The number of carbonyl (C=O) groups is 1. The molecule has 2 aromatic rings. The van der Waals surface area contributed by atoms with E-state index >= 15 is 0 Å². The zero-order chi connectivity index (χ0) is 18.4. The maximum absolute atomic E-state index is 12.2. The molecular weight excluding hydrogens is 334 g/mol. The fraction of sp³-hybridized carbons (Fsp3) is 0.556. The maximum atomic E-state index is 12.2. The molecule has 1 saturated carbocycles. The monoisotopic (exact) mass is 359 g/mol. The van der Waals surface area contributed by atoms with Crippen LogP contribution in [0.3, 0.4) is 0 Å². The molecule has 0 unspecified atom stereocenters. The molecule has 1 N–H and O–H groups in total. The number of hydrogen-bond acceptors (Lipinski definition) is 6. The third-order valence-corrected chi connectivity index (χ3v) is 4.43. The number of ether oxygens (including phenoxy) is 2. The predicted octanol–water partition coefficient (Wildman–Crippen LogP) is 2.20. The molecule has 8 heteroatoms. The van der Waals surface area contributed by atoms with Crippen LogP contribution in [0, 0.1) is 0 Å². The summed E-state index contributed by atoms with van der Waals surface area (Å²) < 4.78 is 10.9. The van der Waals surface area contributed by atoms with Gasteiger partial charge < -0.3 is 14.8 Å². The molecule has 1 heterocycles. The molecule has 26 heavy (non-hydrogen) atoms. The first kappa shape index (κ1) is 18.2. The Kier molecular flexibility index (Phi) is 6.04. The van der Waals surface area contributed by atoms with E-state index in [9.17, 15) is 4.79 Å². The van der Waals surface area contributed by atoms with Crippen molar-refractivity contribution in [3.63, 3.8) is 0 Å². The number of carbonyl (C=O) groups excluding carboxylic acids is 1. The average molecular weight is 359 g/mol. The number of benzene rings is 1. The van der Waals surface area contributed by atoms with Gasteiger partial charge in [-0.3, -0.25) is 4.79 Å². The van der Waals surface area contributed by atoms with Crippen LogP contribution in [0.4, 0.5) is 0 Å². The second kappa shape index (κ2) is 8.64. The molecule has 1 aromatic carbocycles. The number of amides is 1. The molecule has 1 aromatic heterocycles. The Morgan fingerprint density at radius 1 is 1.27 bits per heavy atom. The highest BCUT2D eigenvalue weighted by Crippen LogP contribution is 2.31. The summed E-state index contributed by atoms with van der Waals surface area (Å²) in [4.78, 5) is 13.5. The van der Waals surface area contributed by atoms with Crippen molar-refractivity contribution in [1.29, 1.82) is 0 Å². The summed E-state index contributed by atoms with van der Waals surface area (Å²) >= 11 is 0. The zero-order valence-electron chi connectivity index (χ0n) is 15.3. The molecule has 0 aliphatic heterocycles. The van der Waals surface area contributed by atoms with Gasteiger partial charge in [0.15, 0.2) is 11.5 Å². The number of rotatable bonds is 7. The van der Waals surface area contributed by atoms with Crippen LogP contribution < -0.4 is 14.8 Å². The quantitative estimate of drug-likeness (QED) is 0.815. The first-order chi connectivity index (χ1) is 12.7.